The molecule has 2 rings (SSSR count). The normalized spacial score (nSPS) is 22.4. The Bertz CT molecular complexity index is 519. The summed E-state index contributed by atoms with van der Waals surface area (Å²) in [5.74, 6) is 0.538. The van der Waals surface area contributed by atoms with Crippen molar-refractivity contribution in [1.29, 1.82) is 5.41 Å². The Balaban J connectivity index is 0.000000956. The van der Waals surface area contributed by atoms with Crippen LogP contribution in [0, 0.1) is 11.3 Å². The Morgan fingerprint density at radius 1 is 1.60 bits per heavy atom. The van der Waals surface area contributed by atoms with Crippen LogP contribution in [-0.4, -0.2) is 23.2 Å². The van der Waals surface area contributed by atoms with Crippen LogP contribution < -0.4 is 4.87 Å². The van der Waals surface area contributed by atoms with Gasteiger partial charge in [-0.1, -0.05) is 25.2 Å². The van der Waals surface area contributed by atoms with Crippen LogP contribution in [0.2, 0.25) is 0 Å². The molecular formula is C14H23N3O2S. The van der Waals surface area contributed by atoms with E-state index in [2.05, 4.69) is 4.99 Å². The lowest BCUT2D eigenvalue weighted by atomic mass is 9.94. The molecule has 1 saturated heterocycles. The van der Waals surface area contributed by atoms with Crippen LogP contribution in [0.4, 0.5) is 0 Å². The molecule has 1 fully saturated rings. The molecule has 0 spiro atoms. The highest BCUT2D eigenvalue weighted by Crippen LogP contribution is 2.33. The van der Waals surface area contributed by atoms with Crippen molar-refractivity contribution in [2.45, 2.75) is 39.7 Å². The van der Waals surface area contributed by atoms with E-state index in [1.54, 1.807) is 17.8 Å². The van der Waals surface area contributed by atoms with Gasteiger partial charge < -0.3 is 9.30 Å². The molecule has 1 aliphatic rings. The monoisotopic (exact) mass is 297 g/mol. The Hall–Kier alpha value is -1.27. The van der Waals surface area contributed by atoms with E-state index in [1.165, 1.54) is 11.3 Å². The third kappa shape index (κ3) is 4.11. The predicted molar refractivity (Wildman–Crippen MR) is 84.2 cm³/mol. The summed E-state index contributed by atoms with van der Waals surface area (Å²) in [7, 11) is 1.74. The van der Waals surface area contributed by atoms with E-state index in [4.69, 9.17) is 10.1 Å². The largest absolute Gasteiger partial charge is 0.373 e. The molecule has 5 nitrogen and oxygen atoms in total. The minimum Gasteiger partial charge on any atom is -0.373 e. The molecule has 2 atom stereocenters. The number of aliphatic imine (C=N–C) groups is 1. The topological polar surface area (TPSA) is 67.4 Å². The van der Waals surface area contributed by atoms with Gasteiger partial charge in [0, 0.05) is 32.0 Å². The van der Waals surface area contributed by atoms with Crippen molar-refractivity contribution in [3.63, 3.8) is 0 Å². The Morgan fingerprint density at radius 3 is 2.85 bits per heavy atom. The molecule has 1 aromatic rings. The van der Waals surface area contributed by atoms with E-state index in [-0.39, 0.29) is 16.9 Å². The maximum Gasteiger partial charge on any atom is 0.307 e. The summed E-state index contributed by atoms with van der Waals surface area (Å²) in [6, 6.07) is 0. The average molecular weight is 297 g/mol. The lowest BCUT2D eigenvalue weighted by molar-refractivity contribution is 0.00451. The van der Waals surface area contributed by atoms with E-state index in [0.717, 1.165) is 17.7 Å². The number of aryl methyl sites for hydroxylation is 1. The first-order valence-electron chi connectivity index (χ1n) is 6.97. The molecule has 0 radical (unpaired) electrons. The van der Waals surface area contributed by atoms with Crippen molar-refractivity contribution < 1.29 is 4.74 Å². The highest BCUT2D eigenvalue weighted by atomic mass is 32.1. The van der Waals surface area contributed by atoms with Crippen molar-refractivity contribution in [2.75, 3.05) is 6.61 Å². The van der Waals surface area contributed by atoms with Gasteiger partial charge in [0.05, 0.1) is 11.0 Å². The molecule has 6 heteroatoms. The maximum absolute atomic E-state index is 11.5. The molecule has 20 heavy (non-hydrogen) atoms. The molecule has 1 aromatic heterocycles. The summed E-state index contributed by atoms with van der Waals surface area (Å²) in [4.78, 5) is 16.5. The highest BCUT2D eigenvalue weighted by Gasteiger charge is 2.28. The van der Waals surface area contributed by atoms with Gasteiger partial charge in [0.15, 0.2) is 0 Å². The molecule has 0 aliphatic carbocycles. The molecule has 0 saturated carbocycles. The fourth-order valence-corrected chi connectivity index (χ4v) is 2.98. The second-order valence-electron chi connectivity index (χ2n) is 4.36. The van der Waals surface area contributed by atoms with Crippen LogP contribution in [0.3, 0.4) is 0 Å². The zero-order valence-corrected chi connectivity index (χ0v) is 13.4. The van der Waals surface area contributed by atoms with E-state index >= 15 is 0 Å². The molecule has 1 N–H and O–H groups in total. The smallest absolute Gasteiger partial charge is 0.307 e. The molecule has 0 amide bonds. The van der Waals surface area contributed by atoms with Gasteiger partial charge in [0.1, 0.15) is 5.84 Å². The second kappa shape index (κ2) is 8.11. The summed E-state index contributed by atoms with van der Waals surface area (Å²) >= 11 is 1.22. The molecular weight excluding hydrogens is 274 g/mol. The van der Waals surface area contributed by atoms with Crippen LogP contribution >= 0.6 is 11.3 Å². The number of amidine groups is 1. The second-order valence-corrected chi connectivity index (χ2v) is 5.39. The van der Waals surface area contributed by atoms with Crippen LogP contribution in [0.5, 0.6) is 0 Å². The zero-order chi connectivity index (χ0) is 15.1. The number of rotatable bonds is 2. The van der Waals surface area contributed by atoms with E-state index in [0.29, 0.717) is 12.4 Å². The molecule has 2 heterocycles. The number of nitrogens with one attached hydrogen (secondary N) is 1. The fourth-order valence-electron chi connectivity index (χ4n) is 2.08. The van der Waals surface area contributed by atoms with Crippen molar-refractivity contribution in [3.05, 3.63) is 20.7 Å². The summed E-state index contributed by atoms with van der Waals surface area (Å²) in [6.45, 7) is 6.43. The molecule has 0 aromatic carbocycles. The predicted octanol–water partition coefficient (Wildman–Crippen LogP) is 3.01. The quantitative estimate of drug-likeness (QED) is 0.673. The number of hydrogen-bond acceptors (Lipinski definition) is 4. The standard InChI is InChI=1S/C12H17N3O2S.C2H6/c1-3-14-11(13)8-4-5-17-9(6-8)10-7-15(2)12(16)18-10;1-2/h3,7-9,13H,4-6H2,1-2H3;1-2H3. The lowest BCUT2D eigenvalue weighted by Crippen LogP contribution is -2.24. The summed E-state index contributed by atoms with van der Waals surface area (Å²) < 4.78 is 7.27. The van der Waals surface area contributed by atoms with Crippen molar-refractivity contribution in [3.8, 4) is 0 Å². The maximum atomic E-state index is 11.5. The molecule has 1 aliphatic heterocycles. The third-order valence-electron chi connectivity index (χ3n) is 3.07. The van der Waals surface area contributed by atoms with Gasteiger partial charge in [-0.05, 0) is 19.8 Å². The minimum absolute atomic E-state index is 0.0254. The van der Waals surface area contributed by atoms with Crippen LogP contribution in [-0.2, 0) is 11.8 Å². The Labute approximate surface area is 123 Å². The molecule has 112 valence electrons. The number of hydrogen-bond donors (Lipinski definition) is 1. The minimum atomic E-state index is -0.0740. The Kier molecular flexibility index (Phi) is 6.81. The van der Waals surface area contributed by atoms with Gasteiger partial charge in [0.2, 0.25) is 0 Å². The van der Waals surface area contributed by atoms with Crippen molar-refractivity contribution >= 4 is 23.4 Å². The van der Waals surface area contributed by atoms with Crippen LogP contribution in [0.15, 0.2) is 16.0 Å². The van der Waals surface area contributed by atoms with Gasteiger partial charge in [-0.3, -0.25) is 10.2 Å². The van der Waals surface area contributed by atoms with Crippen LogP contribution in [0.1, 0.15) is 44.6 Å². The third-order valence-corrected chi connectivity index (χ3v) is 4.14. The van der Waals surface area contributed by atoms with Crippen molar-refractivity contribution in [2.24, 2.45) is 18.0 Å². The van der Waals surface area contributed by atoms with Gasteiger partial charge in [-0.25, -0.2) is 4.99 Å². The first-order chi connectivity index (χ1) is 9.61. The average Bonchev–Trinajstić information content (AvgIpc) is 2.81. The number of nitrogens with zero attached hydrogens (tertiary/aromatic N) is 2. The summed E-state index contributed by atoms with van der Waals surface area (Å²) in [5.41, 5.74) is 0. The van der Waals surface area contributed by atoms with E-state index < -0.39 is 0 Å². The number of aromatic nitrogens is 1. The fraction of sp³-hybridized carbons (Fsp3) is 0.643. The van der Waals surface area contributed by atoms with E-state index in [1.807, 2.05) is 27.0 Å². The molecule has 2 unspecified atom stereocenters. The SMILES string of the molecule is CC.CC=NC(=N)C1CCOC(c2cn(C)c(=O)s2)C1. The molecule has 0 bridgehead atoms. The zero-order valence-electron chi connectivity index (χ0n) is 12.5. The lowest BCUT2D eigenvalue weighted by Gasteiger charge is -2.27. The van der Waals surface area contributed by atoms with Gasteiger partial charge in [-0.2, -0.15) is 0 Å². The van der Waals surface area contributed by atoms with Crippen LogP contribution in [0.25, 0.3) is 0 Å². The van der Waals surface area contributed by atoms with Gasteiger partial charge in [-0.15, -0.1) is 0 Å². The Morgan fingerprint density at radius 2 is 2.30 bits per heavy atom. The summed E-state index contributed by atoms with van der Waals surface area (Å²) in [5, 5.41) is 7.87. The number of thiazole rings is 1. The highest BCUT2D eigenvalue weighted by molar-refractivity contribution is 7.09. The first kappa shape index (κ1) is 16.8. The van der Waals surface area contributed by atoms with Crippen molar-refractivity contribution in [1.82, 2.24) is 4.57 Å². The first-order valence-corrected chi connectivity index (χ1v) is 7.78. The van der Waals surface area contributed by atoms with E-state index in [9.17, 15) is 4.79 Å². The van der Waals surface area contributed by atoms with Gasteiger partial charge in [0.25, 0.3) is 0 Å². The van der Waals surface area contributed by atoms with Gasteiger partial charge >= 0.3 is 4.87 Å². The number of ether oxygens (including phenoxy) is 1. The summed E-state index contributed by atoms with van der Waals surface area (Å²) in [6.07, 6.45) is 4.96.